The molecule has 1 aliphatic heterocycles. The van der Waals surface area contributed by atoms with Crippen molar-refractivity contribution in [3.63, 3.8) is 0 Å². The van der Waals surface area contributed by atoms with Gasteiger partial charge in [-0.25, -0.2) is 14.5 Å². The maximum absolute atomic E-state index is 13.8. The molecule has 4 heterocycles. The first kappa shape index (κ1) is 21.2. The van der Waals surface area contributed by atoms with Crippen LogP contribution in [0.15, 0.2) is 30.7 Å². The monoisotopic (exact) mass is 432 g/mol. The van der Waals surface area contributed by atoms with Gasteiger partial charge in [-0.1, -0.05) is 20.8 Å². The Labute approximate surface area is 177 Å². The van der Waals surface area contributed by atoms with E-state index in [4.69, 9.17) is 0 Å². The molecule has 31 heavy (non-hydrogen) atoms. The Balaban J connectivity index is 1.71. The molecule has 1 fully saturated rings. The van der Waals surface area contributed by atoms with Gasteiger partial charge in [0, 0.05) is 48.6 Å². The molecule has 10 heteroatoms. The van der Waals surface area contributed by atoms with Crippen LogP contribution in [-0.4, -0.2) is 48.5 Å². The third kappa shape index (κ3) is 4.24. The van der Waals surface area contributed by atoms with Crippen LogP contribution < -0.4 is 0 Å². The molecule has 0 N–H and O–H groups in total. The van der Waals surface area contributed by atoms with Crippen molar-refractivity contribution in [1.82, 2.24) is 29.5 Å². The quantitative estimate of drug-likeness (QED) is 0.615. The molecule has 0 aliphatic carbocycles. The predicted molar refractivity (Wildman–Crippen MR) is 107 cm³/mol. The van der Waals surface area contributed by atoms with Crippen LogP contribution in [0.3, 0.4) is 0 Å². The summed E-state index contributed by atoms with van der Waals surface area (Å²) < 4.78 is 42.4. The summed E-state index contributed by atoms with van der Waals surface area (Å²) in [4.78, 5) is 26.8. The highest BCUT2D eigenvalue weighted by atomic mass is 19.4. The van der Waals surface area contributed by atoms with E-state index in [0.717, 1.165) is 10.6 Å². The fourth-order valence-corrected chi connectivity index (χ4v) is 3.75. The van der Waals surface area contributed by atoms with Gasteiger partial charge in [-0.3, -0.25) is 9.78 Å². The summed E-state index contributed by atoms with van der Waals surface area (Å²) in [6.07, 6.45) is 1.03. The van der Waals surface area contributed by atoms with Gasteiger partial charge in [0.2, 0.25) is 0 Å². The summed E-state index contributed by atoms with van der Waals surface area (Å²) in [5, 5.41) is 4.17. The van der Waals surface area contributed by atoms with Crippen LogP contribution in [0.25, 0.3) is 5.65 Å². The number of hydrogen-bond acceptors (Lipinski definition) is 5. The van der Waals surface area contributed by atoms with Gasteiger partial charge in [-0.05, 0) is 18.9 Å². The van der Waals surface area contributed by atoms with Crippen molar-refractivity contribution in [3.05, 3.63) is 53.5 Å². The number of piperidine rings is 1. The first-order valence-electron chi connectivity index (χ1n) is 10.1. The number of halogens is 3. The van der Waals surface area contributed by atoms with E-state index in [1.54, 1.807) is 11.0 Å². The zero-order chi connectivity index (χ0) is 22.4. The molecule has 1 saturated heterocycles. The second-order valence-electron chi connectivity index (χ2n) is 8.79. The number of amides is 1. The molecule has 3 aromatic heterocycles. The number of carbonyl (C=O) groups is 1. The zero-order valence-corrected chi connectivity index (χ0v) is 17.5. The highest BCUT2D eigenvalue weighted by Crippen LogP contribution is 2.34. The Morgan fingerprint density at radius 2 is 1.94 bits per heavy atom. The van der Waals surface area contributed by atoms with Crippen LogP contribution in [0, 0.1) is 0 Å². The number of hydrogen-bond donors (Lipinski definition) is 0. The normalized spacial score (nSPS) is 17.9. The van der Waals surface area contributed by atoms with Crippen molar-refractivity contribution in [2.45, 2.75) is 51.1 Å². The third-order valence-corrected chi connectivity index (χ3v) is 5.42. The minimum absolute atomic E-state index is 0.159. The molecule has 0 spiro atoms. The highest BCUT2D eigenvalue weighted by molar-refractivity contribution is 5.92. The Morgan fingerprint density at radius 3 is 2.58 bits per heavy atom. The fraction of sp³-hybridized carbons (Fsp3) is 0.476. The second-order valence-corrected chi connectivity index (χ2v) is 8.79. The van der Waals surface area contributed by atoms with E-state index in [-0.39, 0.29) is 29.7 Å². The van der Waals surface area contributed by atoms with Crippen LogP contribution in [0.5, 0.6) is 0 Å². The van der Waals surface area contributed by atoms with E-state index < -0.39 is 17.3 Å². The average Bonchev–Trinajstić information content (AvgIpc) is 3.17. The summed E-state index contributed by atoms with van der Waals surface area (Å²) in [6.45, 7) is 6.46. The molecule has 0 saturated carbocycles. The number of alkyl halides is 3. The maximum atomic E-state index is 13.8. The maximum Gasteiger partial charge on any atom is 0.433 e. The van der Waals surface area contributed by atoms with Gasteiger partial charge in [0.25, 0.3) is 5.91 Å². The first-order chi connectivity index (χ1) is 14.5. The Morgan fingerprint density at radius 1 is 1.16 bits per heavy atom. The summed E-state index contributed by atoms with van der Waals surface area (Å²) >= 11 is 0. The lowest BCUT2D eigenvalue weighted by atomic mass is 9.92. The van der Waals surface area contributed by atoms with Crippen molar-refractivity contribution in [2.75, 3.05) is 13.1 Å². The Hall–Kier alpha value is -3.04. The van der Waals surface area contributed by atoms with Gasteiger partial charge in [-0.15, -0.1) is 0 Å². The fourth-order valence-electron chi connectivity index (χ4n) is 3.75. The van der Waals surface area contributed by atoms with Gasteiger partial charge < -0.3 is 4.90 Å². The molecule has 1 atom stereocenters. The molecule has 4 rings (SSSR count). The predicted octanol–water partition coefficient (Wildman–Crippen LogP) is 3.86. The van der Waals surface area contributed by atoms with Crippen molar-refractivity contribution < 1.29 is 18.0 Å². The minimum Gasteiger partial charge on any atom is -0.337 e. The van der Waals surface area contributed by atoms with Gasteiger partial charge in [-0.2, -0.15) is 18.3 Å². The van der Waals surface area contributed by atoms with Crippen LogP contribution in [-0.2, 0) is 11.6 Å². The average molecular weight is 432 g/mol. The van der Waals surface area contributed by atoms with Crippen LogP contribution in [0.2, 0.25) is 0 Å². The lowest BCUT2D eigenvalue weighted by molar-refractivity contribution is -0.142. The second kappa shape index (κ2) is 7.58. The van der Waals surface area contributed by atoms with Crippen molar-refractivity contribution in [1.29, 1.82) is 0 Å². The van der Waals surface area contributed by atoms with Crippen molar-refractivity contribution in [3.8, 4) is 0 Å². The number of fused-ring (bicyclic) bond motifs is 1. The van der Waals surface area contributed by atoms with Crippen LogP contribution in [0.1, 0.15) is 67.1 Å². The first-order valence-corrected chi connectivity index (χ1v) is 10.1. The summed E-state index contributed by atoms with van der Waals surface area (Å²) in [6, 6.07) is 2.66. The van der Waals surface area contributed by atoms with Crippen LogP contribution >= 0.6 is 0 Å². The van der Waals surface area contributed by atoms with E-state index in [1.165, 1.54) is 18.6 Å². The lowest BCUT2D eigenvalue weighted by Gasteiger charge is -2.32. The van der Waals surface area contributed by atoms with Gasteiger partial charge in [0.1, 0.15) is 11.4 Å². The largest absolute Gasteiger partial charge is 0.433 e. The third-order valence-electron chi connectivity index (χ3n) is 5.42. The number of rotatable bonds is 2. The smallest absolute Gasteiger partial charge is 0.337 e. The molecule has 0 aromatic carbocycles. The van der Waals surface area contributed by atoms with E-state index in [1.807, 2.05) is 20.8 Å². The van der Waals surface area contributed by atoms with Gasteiger partial charge in [0.05, 0.1) is 11.9 Å². The standard InChI is InChI=1S/C21H23F3N6O/c1-20(2,3)16-10-18-27-14(9-17(21(22,23)24)30(18)28-16)13-5-4-8-29(12-13)19(31)15-11-25-6-7-26-15/h6-7,9-11,13H,4-5,8,12H2,1-3H3/t13-/m1/s1. The van der Waals surface area contributed by atoms with Crippen molar-refractivity contribution >= 4 is 11.6 Å². The topological polar surface area (TPSA) is 76.3 Å². The minimum atomic E-state index is -4.58. The summed E-state index contributed by atoms with van der Waals surface area (Å²) in [7, 11) is 0. The number of carbonyl (C=O) groups excluding carboxylic acids is 1. The van der Waals surface area contributed by atoms with Gasteiger partial charge in [0.15, 0.2) is 5.65 Å². The highest BCUT2D eigenvalue weighted by Gasteiger charge is 2.37. The molecule has 0 unspecified atom stereocenters. The van der Waals surface area contributed by atoms with Crippen molar-refractivity contribution in [2.24, 2.45) is 0 Å². The molecule has 7 nitrogen and oxygen atoms in total. The Bertz CT molecular complexity index is 1100. The molecular formula is C21H23F3N6O. The molecule has 1 aliphatic rings. The van der Waals surface area contributed by atoms with E-state index in [0.29, 0.717) is 30.8 Å². The van der Waals surface area contributed by atoms with Crippen LogP contribution in [0.4, 0.5) is 13.2 Å². The Kier molecular flexibility index (Phi) is 5.18. The number of nitrogens with zero attached hydrogens (tertiary/aromatic N) is 6. The molecule has 0 radical (unpaired) electrons. The molecule has 0 bridgehead atoms. The molecule has 164 valence electrons. The lowest BCUT2D eigenvalue weighted by Crippen LogP contribution is -2.39. The summed E-state index contributed by atoms with van der Waals surface area (Å²) in [5.74, 6) is -0.595. The molecule has 3 aromatic rings. The van der Waals surface area contributed by atoms with E-state index in [2.05, 4.69) is 20.1 Å². The number of aromatic nitrogens is 5. The SMILES string of the molecule is CC(C)(C)c1cc2nc([C@@H]3CCCN(C(=O)c4cnccn4)C3)cc(C(F)(F)F)n2n1. The number of likely N-dealkylation sites (tertiary alicyclic amines) is 1. The molecular weight excluding hydrogens is 409 g/mol. The summed E-state index contributed by atoms with van der Waals surface area (Å²) in [5.41, 5.74) is -0.0511. The van der Waals surface area contributed by atoms with E-state index >= 15 is 0 Å². The van der Waals surface area contributed by atoms with Gasteiger partial charge >= 0.3 is 6.18 Å². The molecule has 1 amide bonds. The zero-order valence-electron chi connectivity index (χ0n) is 17.5. The van der Waals surface area contributed by atoms with E-state index in [9.17, 15) is 18.0 Å².